The van der Waals surface area contributed by atoms with Gasteiger partial charge in [0, 0.05) is 16.5 Å². The number of benzene rings is 2. The van der Waals surface area contributed by atoms with Gasteiger partial charge in [-0.2, -0.15) is 4.98 Å². The summed E-state index contributed by atoms with van der Waals surface area (Å²) < 4.78 is 30.6. The molecule has 0 aliphatic carbocycles. The summed E-state index contributed by atoms with van der Waals surface area (Å²) in [5, 5.41) is 5.64. The quantitative estimate of drug-likeness (QED) is 0.467. The van der Waals surface area contributed by atoms with Gasteiger partial charge >= 0.3 is 0 Å². The first-order valence-electron chi connectivity index (χ1n) is 8.71. The molecule has 0 radical (unpaired) electrons. The lowest BCUT2D eigenvalue weighted by Crippen LogP contribution is -2.05. The fraction of sp³-hybridized carbons (Fsp3) is 0.150. The number of aryl methyl sites for hydroxylation is 1. The lowest BCUT2D eigenvalue weighted by molar-refractivity contribution is 0.389. The molecule has 2 heterocycles. The van der Waals surface area contributed by atoms with Crippen LogP contribution in [-0.4, -0.2) is 23.5 Å². The van der Waals surface area contributed by atoms with Crippen LogP contribution in [0.1, 0.15) is 18.4 Å². The zero-order valence-corrected chi connectivity index (χ0v) is 16.7. The Balaban J connectivity index is 1.54. The van der Waals surface area contributed by atoms with Crippen molar-refractivity contribution >= 4 is 21.2 Å². The molecule has 0 bridgehead atoms. The van der Waals surface area contributed by atoms with Crippen LogP contribution >= 0.6 is 11.3 Å². The van der Waals surface area contributed by atoms with Crippen LogP contribution in [0.25, 0.3) is 22.6 Å². The molecular formula is C20H17N3O3S2. The Labute approximate surface area is 166 Å². The van der Waals surface area contributed by atoms with Crippen LogP contribution in [0.2, 0.25) is 0 Å². The molecule has 142 valence electrons. The van der Waals surface area contributed by atoms with Gasteiger partial charge in [-0.25, -0.2) is 13.4 Å². The molecule has 0 saturated carbocycles. The van der Waals surface area contributed by atoms with Crippen molar-refractivity contribution in [3.05, 3.63) is 71.4 Å². The molecule has 0 aliphatic rings. The molecule has 6 nitrogen and oxygen atoms in total. The van der Waals surface area contributed by atoms with E-state index >= 15 is 0 Å². The predicted octanol–water partition coefficient (Wildman–Crippen LogP) is 4.40. The maximum Gasteiger partial charge on any atom is 0.242 e. The molecule has 0 saturated heterocycles. The molecule has 4 rings (SSSR count). The van der Waals surface area contributed by atoms with Crippen LogP contribution < -0.4 is 0 Å². The SMILES string of the molecule is CCc1ccc(-c2noc(CS(=O)(=O)c3nc(-c4ccccc4)cs3)n2)cc1. The third-order valence-electron chi connectivity index (χ3n) is 4.22. The Kier molecular flexibility index (Phi) is 5.06. The molecular weight excluding hydrogens is 394 g/mol. The van der Waals surface area contributed by atoms with Gasteiger partial charge in [-0.15, -0.1) is 11.3 Å². The fourth-order valence-corrected chi connectivity index (χ4v) is 4.95. The molecule has 0 aliphatic heterocycles. The molecule has 2 aromatic heterocycles. The maximum atomic E-state index is 12.7. The second-order valence-corrected chi connectivity index (χ2v) is 9.21. The molecule has 2 aromatic carbocycles. The largest absolute Gasteiger partial charge is 0.338 e. The minimum atomic E-state index is -3.67. The van der Waals surface area contributed by atoms with Crippen LogP contribution in [-0.2, 0) is 22.0 Å². The van der Waals surface area contributed by atoms with E-state index in [1.807, 2.05) is 54.6 Å². The number of hydrogen-bond acceptors (Lipinski definition) is 7. The van der Waals surface area contributed by atoms with Gasteiger partial charge in [0.25, 0.3) is 0 Å². The summed E-state index contributed by atoms with van der Waals surface area (Å²) in [7, 11) is -3.67. The standard InChI is InChI=1S/C20H17N3O3S2/c1-2-14-8-10-16(11-9-14)19-22-18(26-23-19)13-28(24,25)20-21-17(12-27-20)15-6-4-3-5-7-15/h3-12H,2,13H2,1H3. The zero-order chi connectivity index (χ0) is 19.6. The van der Waals surface area contributed by atoms with Gasteiger partial charge in [-0.3, -0.25) is 0 Å². The van der Waals surface area contributed by atoms with Gasteiger partial charge in [0.1, 0.15) is 5.75 Å². The van der Waals surface area contributed by atoms with Crippen LogP contribution in [0, 0.1) is 0 Å². The molecule has 0 unspecified atom stereocenters. The summed E-state index contributed by atoms with van der Waals surface area (Å²) in [4.78, 5) is 8.50. The van der Waals surface area contributed by atoms with E-state index in [1.54, 1.807) is 5.38 Å². The van der Waals surface area contributed by atoms with Gasteiger partial charge < -0.3 is 4.52 Å². The van der Waals surface area contributed by atoms with E-state index in [0.29, 0.717) is 11.5 Å². The number of hydrogen-bond donors (Lipinski definition) is 0. The van der Waals surface area contributed by atoms with Crippen molar-refractivity contribution in [2.75, 3.05) is 0 Å². The van der Waals surface area contributed by atoms with E-state index in [0.717, 1.165) is 28.9 Å². The summed E-state index contributed by atoms with van der Waals surface area (Å²) in [6.07, 6.45) is 0.939. The van der Waals surface area contributed by atoms with Crippen LogP contribution in [0.3, 0.4) is 0 Å². The third kappa shape index (κ3) is 3.88. The third-order valence-corrected chi connectivity index (χ3v) is 7.16. The van der Waals surface area contributed by atoms with E-state index in [9.17, 15) is 8.42 Å². The summed E-state index contributed by atoms with van der Waals surface area (Å²) in [6.45, 7) is 2.08. The second-order valence-electron chi connectivity index (χ2n) is 6.19. The van der Waals surface area contributed by atoms with Crippen LogP contribution in [0.15, 0.2) is 68.8 Å². The fourth-order valence-electron chi connectivity index (χ4n) is 2.69. The molecule has 28 heavy (non-hydrogen) atoms. The Morgan fingerprint density at radius 2 is 1.71 bits per heavy atom. The van der Waals surface area contributed by atoms with Gasteiger partial charge in [0.2, 0.25) is 25.9 Å². The van der Waals surface area contributed by atoms with Crippen molar-refractivity contribution in [3.8, 4) is 22.6 Å². The highest BCUT2D eigenvalue weighted by Gasteiger charge is 2.24. The van der Waals surface area contributed by atoms with Crippen molar-refractivity contribution in [2.24, 2.45) is 0 Å². The molecule has 0 atom stereocenters. The number of rotatable bonds is 6. The normalized spacial score (nSPS) is 11.6. The molecule has 0 fully saturated rings. The first-order chi connectivity index (χ1) is 13.5. The monoisotopic (exact) mass is 411 g/mol. The smallest absolute Gasteiger partial charge is 0.242 e. The second kappa shape index (κ2) is 7.65. The van der Waals surface area contributed by atoms with E-state index in [4.69, 9.17) is 4.52 Å². The van der Waals surface area contributed by atoms with E-state index in [-0.39, 0.29) is 16.0 Å². The zero-order valence-electron chi connectivity index (χ0n) is 15.1. The number of aromatic nitrogens is 3. The molecule has 0 spiro atoms. The summed E-state index contributed by atoms with van der Waals surface area (Å²) >= 11 is 1.09. The van der Waals surface area contributed by atoms with Crippen molar-refractivity contribution in [2.45, 2.75) is 23.4 Å². The van der Waals surface area contributed by atoms with Crippen molar-refractivity contribution in [1.29, 1.82) is 0 Å². The Bertz CT molecular complexity index is 1180. The van der Waals surface area contributed by atoms with Crippen LogP contribution in [0.4, 0.5) is 0 Å². The van der Waals surface area contributed by atoms with Crippen LogP contribution in [0.5, 0.6) is 0 Å². The van der Waals surface area contributed by atoms with Crippen molar-refractivity contribution < 1.29 is 12.9 Å². The molecule has 8 heteroatoms. The minimum absolute atomic E-state index is 0.0402. The van der Waals surface area contributed by atoms with Crippen molar-refractivity contribution in [3.63, 3.8) is 0 Å². The minimum Gasteiger partial charge on any atom is -0.338 e. The Morgan fingerprint density at radius 1 is 0.964 bits per heavy atom. The number of sulfone groups is 1. The van der Waals surface area contributed by atoms with Crippen molar-refractivity contribution in [1.82, 2.24) is 15.1 Å². The number of nitrogens with zero attached hydrogens (tertiary/aromatic N) is 3. The lowest BCUT2D eigenvalue weighted by Gasteiger charge is -1.98. The predicted molar refractivity (Wildman–Crippen MR) is 108 cm³/mol. The van der Waals surface area contributed by atoms with Gasteiger partial charge in [0.15, 0.2) is 0 Å². The van der Waals surface area contributed by atoms with E-state index in [2.05, 4.69) is 22.0 Å². The first-order valence-corrected chi connectivity index (χ1v) is 11.2. The Hall–Kier alpha value is -2.84. The van der Waals surface area contributed by atoms with Gasteiger partial charge in [0.05, 0.1) is 5.69 Å². The Morgan fingerprint density at radius 3 is 2.43 bits per heavy atom. The molecule has 0 N–H and O–H groups in total. The highest BCUT2D eigenvalue weighted by Crippen LogP contribution is 2.27. The lowest BCUT2D eigenvalue weighted by atomic mass is 10.1. The van der Waals surface area contributed by atoms with Gasteiger partial charge in [-0.1, -0.05) is 66.7 Å². The van der Waals surface area contributed by atoms with Gasteiger partial charge in [-0.05, 0) is 12.0 Å². The molecule has 4 aromatic rings. The highest BCUT2D eigenvalue weighted by atomic mass is 32.2. The first kappa shape index (κ1) is 18.5. The average Bonchev–Trinajstić information content (AvgIpc) is 3.39. The summed E-state index contributed by atoms with van der Waals surface area (Å²) in [5.74, 6) is 0.0393. The average molecular weight is 412 g/mol. The van der Waals surface area contributed by atoms with E-state index in [1.165, 1.54) is 5.56 Å². The summed E-state index contributed by atoms with van der Waals surface area (Å²) in [5.41, 5.74) is 3.49. The summed E-state index contributed by atoms with van der Waals surface area (Å²) in [6, 6.07) is 17.2. The van der Waals surface area contributed by atoms with E-state index < -0.39 is 9.84 Å². The topological polar surface area (TPSA) is 86.0 Å². The highest BCUT2D eigenvalue weighted by molar-refractivity contribution is 7.92. The maximum absolute atomic E-state index is 12.7. The molecule has 0 amide bonds. The number of thiazole rings is 1.